The van der Waals surface area contributed by atoms with Crippen molar-refractivity contribution < 1.29 is 13.3 Å². The molecule has 0 amide bonds. The molecule has 0 aliphatic rings. The molecule has 1 aromatic heterocycles. The highest BCUT2D eigenvalue weighted by molar-refractivity contribution is 5.19. The minimum atomic E-state index is -0.963. The summed E-state index contributed by atoms with van der Waals surface area (Å²) in [6.45, 7) is 1.44. The molecule has 2 rings (SSSR count). The van der Waals surface area contributed by atoms with E-state index in [2.05, 4.69) is 9.68 Å². The van der Waals surface area contributed by atoms with Crippen LogP contribution in [0.5, 0.6) is 0 Å². The first-order chi connectivity index (χ1) is 7.59. The number of rotatable bonds is 2. The summed E-state index contributed by atoms with van der Waals surface area (Å²) in [7, 11) is 0. The molecule has 0 radical (unpaired) electrons. The maximum atomic E-state index is 13.3. The van der Waals surface area contributed by atoms with Gasteiger partial charge in [0.05, 0.1) is 6.54 Å². The summed E-state index contributed by atoms with van der Waals surface area (Å²) in [6.07, 6.45) is 0. The first kappa shape index (κ1) is 10.5. The van der Waals surface area contributed by atoms with Crippen molar-refractivity contribution in [1.82, 2.24) is 9.72 Å². The standard InChI is InChI=1S/C10H8F2N2O2/c1-6-13-16-10(15)14(6)5-7-3-2-4-8(11)9(7)12/h2-4H,5H2,1H3. The smallest absolute Gasteiger partial charge is 0.296 e. The maximum Gasteiger partial charge on any atom is 0.441 e. The Labute approximate surface area is 89.1 Å². The van der Waals surface area contributed by atoms with E-state index in [0.717, 1.165) is 10.6 Å². The quantitative estimate of drug-likeness (QED) is 0.779. The molecule has 0 N–H and O–H groups in total. The van der Waals surface area contributed by atoms with Gasteiger partial charge in [0, 0.05) is 5.56 Å². The molecule has 0 atom stereocenters. The second-order valence-corrected chi connectivity index (χ2v) is 3.29. The third-order valence-electron chi connectivity index (χ3n) is 2.23. The number of aromatic nitrogens is 2. The van der Waals surface area contributed by atoms with Crippen LogP contribution < -0.4 is 5.76 Å². The fourth-order valence-corrected chi connectivity index (χ4v) is 1.36. The first-order valence-corrected chi connectivity index (χ1v) is 4.55. The zero-order valence-corrected chi connectivity index (χ0v) is 8.41. The molecular weight excluding hydrogens is 218 g/mol. The zero-order valence-electron chi connectivity index (χ0n) is 8.41. The number of hydrogen-bond donors (Lipinski definition) is 0. The Morgan fingerprint density at radius 1 is 1.44 bits per heavy atom. The highest BCUT2D eigenvalue weighted by Gasteiger charge is 2.12. The van der Waals surface area contributed by atoms with E-state index in [1.165, 1.54) is 12.1 Å². The molecule has 0 saturated carbocycles. The molecule has 0 unspecified atom stereocenters. The molecule has 6 heteroatoms. The molecule has 0 fully saturated rings. The largest absolute Gasteiger partial charge is 0.441 e. The minimum absolute atomic E-state index is 0.0772. The predicted molar refractivity (Wildman–Crippen MR) is 51.0 cm³/mol. The van der Waals surface area contributed by atoms with E-state index in [-0.39, 0.29) is 12.1 Å². The van der Waals surface area contributed by atoms with Gasteiger partial charge in [0.15, 0.2) is 17.5 Å². The molecule has 4 nitrogen and oxygen atoms in total. The molecule has 2 aromatic rings. The zero-order chi connectivity index (χ0) is 11.7. The van der Waals surface area contributed by atoms with Gasteiger partial charge < -0.3 is 0 Å². The summed E-state index contributed by atoms with van der Waals surface area (Å²) < 4.78 is 31.7. The summed E-state index contributed by atoms with van der Waals surface area (Å²) in [5.74, 6) is -2.29. The van der Waals surface area contributed by atoms with Crippen LogP contribution >= 0.6 is 0 Å². The van der Waals surface area contributed by atoms with Crippen LogP contribution in [-0.4, -0.2) is 9.72 Å². The van der Waals surface area contributed by atoms with Crippen LogP contribution in [-0.2, 0) is 6.54 Å². The van der Waals surface area contributed by atoms with Gasteiger partial charge in [0.2, 0.25) is 0 Å². The average molecular weight is 226 g/mol. The highest BCUT2D eigenvalue weighted by Crippen LogP contribution is 2.12. The minimum Gasteiger partial charge on any atom is -0.296 e. The maximum absolute atomic E-state index is 13.3. The molecule has 0 bridgehead atoms. The Balaban J connectivity index is 2.42. The lowest BCUT2D eigenvalue weighted by Crippen LogP contribution is -2.17. The van der Waals surface area contributed by atoms with E-state index in [0.29, 0.717) is 5.82 Å². The van der Waals surface area contributed by atoms with Crippen LogP contribution in [0.3, 0.4) is 0 Å². The van der Waals surface area contributed by atoms with Crippen molar-refractivity contribution in [1.29, 1.82) is 0 Å². The Morgan fingerprint density at radius 3 is 2.81 bits per heavy atom. The van der Waals surface area contributed by atoms with Crippen LogP contribution in [0.1, 0.15) is 11.4 Å². The third-order valence-corrected chi connectivity index (χ3v) is 2.23. The molecule has 1 aromatic carbocycles. The van der Waals surface area contributed by atoms with Crippen molar-refractivity contribution in [2.24, 2.45) is 0 Å². The first-order valence-electron chi connectivity index (χ1n) is 4.55. The second kappa shape index (κ2) is 3.88. The second-order valence-electron chi connectivity index (χ2n) is 3.29. The highest BCUT2D eigenvalue weighted by atomic mass is 19.2. The SMILES string of the molecule is Cc1noc(=O)n1Cc1cccc(F)c1F. The molecule has 0 saturated heterocycles. The summed E-state index contributed by atoms with van der Waals surface area (Å²) in [4.78, 5) is 11.2. The summed E-state index contributed by atoms with van der Waals surface area (Å²) >= 11 is 0. The van der Waals surface area contributed by atoms with Gasteiger partial charge in [-0.3, -0.25) is 9.09 Å². The lowest BCUT2D eigenvalue weighted by atomic mass is 10.2. The molecular formula is C10H8F2N2O2. The van der Waals surface area contributed by atoms with Crippen LogP contribution in [0, 0.1) is 18.6 Å². The van der Waals surface area contributed by atoms with Crippen LogP contribution in [0.15, 0.2) is 27.5 Å². The van der Waals surface area contributed by atoms with Crippen molar-refractivity contribution in [2.45, 2.75) is 13.5 Å². The molecule has 1 heterocycles. The summed E-state index contributed by atoms with van der Waals surface area (Å²) in [5.41, 5.74) is 0.0772. The van der Waals surface area contributed by atoms with Crippen molar-refractivity contribution in [2.75, 3.05) is 0 Å². The van der Waals surface area contributed by atoms with Gasteiger partial charge in [0.1, 0.15) is 0 Å². The van der Waals surface area contributed by atoms with Gasteiger partial charge in [-0.2, -0.15) is 0 Å². The number of aryl methyl sites for hydroxylation is 1. The topological polar surface area (TPSA) is 48.0 Å². The van der Waals surface area contributed by atoms with E-state index in [1.54, 1.807) is 6.92 Å². The van der Waals surface area contributed by atoms with E-state index in [9.17, 15) is 13.6 Å². The summed E-state index contributed by atoms with van der Waals surface area (Å²) in [6, 6.07) is 3.79. The molecule has 0 aliphatic carbocycles. The Morgan fingerprint density at radius 2 is 2.19 bits per heavy atom. The van der Waals surface area contributed by atoms with Gasteiger partial charge in [-0.1, -0.05) is 17.3 Å². The van der Waals surface area contributed by atoms with Gasteiger partial charge in [0.25, 0.3) is 0 Å². The fourth-order valence-electron chi connectivity index (χ4n) is 1.36. The van der Waals surface area contributed by atoms with Gasteiger partial charge in [-0.15, -0.1) is 0 Å². The van der Waals surface area contributed by atoms with Gasteiger partial charge in [-0.05, 0) is 13.0 Å². The van der Waals surface area contributed by atoms with Crippen molar-refractivity contribution >= 4 is 0 Å². The summed E-state index contributed by atoms with van der Waals surface area (Å²) in [5, 5.41) is 3.42. The normalized spacial score (nSPS) is 10.7. The Hall–Kier alpha value is -1.98. The van der Waals surface area contributed by atoms with E-state index < -0.39 is 17.4 Å². The van der Waals surface area contributed by atoms with Crippen LogP contribution in [0.2, 0.25) is 0 Å². The fraction of sp³-hybridized carbons (Fsp3) is 0.200. The number of hydrogen-bond acceptors (Lipinski definition) is 3. The van der Waals surface area contributed by atoms with Crippen LogP contribution in [0.25, 0.3) is 0 Å². The lowest BCUT2D eigenvalue weighted by molar-refractivity contribution is 0.375. The van der Waals surface area contributed by atoms with E-state index >= 15 is 0 Å². The third kappa shape index (κ3) is 1.73. The Bertz CT molecular complexity index is 574. The molecule has 84 valence electrons. The van der Waals surface area contributed by atoms with Gasteiger partial charge in [-0.25, -0.2) is 13.6 Å². The molecule has 0 spiro atoms. The monoisotopic (exact) mass is 226 g/mol. The van der Waals surface area contributed by atoms with Gasteiger partial charge >= 0.3 is 5.76 Å². The van der Waals surface area contributed by atoms with Crippen molar-refractivity contribution in [3.8, 4) is 0 Å². The number of halogens is 2. The van der Waals surface area contributed by atoms with E-state index in [4.69, 9.17) is 0 Å². The number of nitrogens with zero attached hydrogens (tertiary/aromatic N) is 2. The lowest BCUT2D eigenvalue weighted by Gasteiger charge is -2.03. The predicted octanol–water partition coefficient (Wildman–Crippen LogP) is 1.47. The Kier molecular flexibility index (Phi) is 2.55. The molecule has 0 aliphatic heterocycles. The molecule has 16 heavy (non-hydrogen) atoms. The van der Waals surface area contributed by atoms with Crippen molar-refractivity contribution in [3.05, 3.63) is 51.8 Å². The number of benzene rings is 1. The average Bonchev–Trinajstić information content (AvgIpc) is 2.56. The van der Waals surface area contributed by atoms with Crippen molar-refractivity contribution in [3.63, 3.8) is 0 Å². The van der Waals surface area contributed by atoms with Crippen LogP contribution in [0.4, 0.5) is 8.78 Å². The van der Waals surface area contributed by atoms with E-state index in [1.807, 2.05) is 0 Å².